The summed E-state index contributed by atoms with van der Waals surface area (Å²) in [4.78, 5) is 8.69. The lowest BCUT2D eigenvalue weighted by atomic mass is 10.0. The Kier molecular flexibility index (Phi) is 5.21. The maximum atomic E-state index is 11.0. The summed E-state index contributed by atoms with van der Waals surface area (Å²) < 4.78 is 3.63. The number of aromatic hydroxyl groups is 1. The zero-order valence-electron chi connectivity index (χ0n) is 17.6. The second-order valence-electron chi connectivity index (χ2n) is 7.66. The van der Waals surface area contributed by atoms with Crippen molar-refractivity contribution in [2.24, 2.45) is 0 Å². The van der Waals surface area contributed by atoms with Gasteiger partial charge >= 0.3 is 0 Å². The summed E-state index contributed by atoms with van der Waals surface area (Å²) in [6.45, 7) is 2.95. The van der Waals surface area contributed by atoms with Gasteiger partial charge in [-0.05, 0) is 43.3 Å². The molecule has 1 N–H and O–H groups in total. The molecule has 32 heavy (non-hydrogen) atoms. The van der Waals surface area contributed by atoms with Crippen molar-refractivity contribution < 1.29 is 5.11 Å². The molecule has 0 bridgehead atoms. The second kappa shape index (κ2) is 8.47. The van der Waals surface area contributed by atoms with E-state index >= 15 is 0 Å². The van der Waals surface area contributed by atoms with Crippen molar-refractivity contribution in [3.05, 3.63) is 102 Å². The molecule has 0 atom stereocenters. The van der Waals surface area contributed by atoms with Crippen molar-refractivity contribution >= 4 is 0 Å². The number of pyridine rings is 2. The zero-order chi connectivity index (χ0) is 21.9. The highest BCUT2D eigenvalue weighted by Gasteiger charge is 2.13. The summed E-state index contributed by atoms with van der Waals surface area (Å²) in [5.74, 6) is 0.264. The number of aryl methyl sites for hydroxylation is 1. The molecule has 1 aromatic carbocycles. The second-order valence-corrected chi connectivity index (χ2v) is 7.66. The van der Waals surface area contributed by atoms with Crippen LogP contribution in [0.15, 0.2) is 85.5 Å². The van der Waals surface area contributed by atoms with Crippen LogP contribution < -0.4 is 0 Å². The van der Waals surface area contributed by atoms with Crippen LogP contribution in [0.25, 0.3) is 22.8 Å². The standard InChI is InChI=1S/C25H22N6O/c1-18-14-19(16-30-12-8-23(28-30)21-6-2-4-10-26-21)25(32)20(15-18)17-31-13-9-24(29-31)22-7-3-5-11-27-22/h2-15,32H,16-17H2,1H3. The fourth-order valence-corrected chi connectivity index (χ4v) is 3.73. The van der Waals surface area contributed by atoms with Crippen LogP contribution in [0.4, 0.5) is 0 Å². The highest BCUT2D eigenvalue weighted by atomic mass is 16.3. The summed E-state index contributed by atoms with van der Waals surface area (Å²) in [5, 5.41) is 20.2. The van der Waals surface area contributed by atoms with Crippen molar-refractivity contribution in [1.29, 1.82) is 0 Å². The lowest BCUT2D eigenvalue weighted by Gasteiger charge is -2.12. The molecule has 4 aromatic heterocycles. The van der Waals surface area contributed by atoms with E-state index in [0.29, 0.717) is 13.1 Å². The van der Waals surface area contributed by atoms with Crippen molar-refractivity contribution in [2.75, 3.05) is 0 Å². The molecule has 0 aliphatic heterocycles. The van der Waals surface area contributed by atoms with E-state index in [0.717, 1.165) is 39.5 Å². The van der Waals surface area contributed by atoms with E-state index < -0.39 is 0 Å². The molecule has 7 nitrogen and oxygen atoms in total. The van der Waals surface area contributed by atoms with Crippen molar-refractivity contribution in [3.8, 4) is 28.5 Å². The smallest absolute Gasteiger partial charge is 0.125 e. The van der Waals surface area contributed by atoms with Gasteiger partial charge in [-0.1, -0.05) is 29.8 Å². The number of rotatable bonds is 6. The Morgan fingerprint density at radius 1 is 0.688 bits per heavy atom. The van der Waals surface area contributed by atoms with Crippen molar-refractivity contribution in [2.45, 2.75) is 20.0 Å². The molecule has 7 heteroatoms. The van der Waals surface area contributed by atoms with Crippen LogP contribution in [0.5, 0.6) is 5.75 Å². The quantitative estimate of drug-likeness (QED) is 0.441. The van der Waals surface area contributed by atoms with Gasteiger partial charge in [0.05, 0.1) is 24.5 Å². The van der Waals surface area contributed by atoms with Gasteiger partial charge in [-0.3, -0.25) is 19.3 Å². The maximum absolute atomic E-state index is 11.0. The Balaban J connectivity index is 1.38. The molecule has 0 radical (unpaired) electrons. The molecule has 0 saturated carbocycles. The molecule has 158 valence electrons. The van der Waals surface area contributed by atoms with Crippen LogP contribution in [0, 0.1) is 6.92 Å². The van der Waals surface area contributed by atoms with E-state index in [4.69, 9.17) is 0 Å². The van der Waals surface area contributed by atoms with Crippen molar-refractivity contribution in [1.82, 2.24) is 29.5 Å². The van der Waals surface area contributed by atoms with Gasteiger partial charge < -0.3 is 5.11 Å². The highest BCUT2D eigenvalue weighted by Crippen LogP contribution is 2.27. The largest absolute Gasteiger partial charge is 0.507 e. The van der Waals surface area contributed by atoms with E-state index in [9.17, 15) is 5.11 Å². The van der Waals surface area contributed by atoms with E-state index in [-0.39, 0.29) is 5.75 Å². The van der Waals surface area contributed by atoms with E-state index in [1.165, 1.54) is 0 Å². The summed E-state index contributed by atoms with van der Waals surface area (Å²) in [7, 11) is 0. The lowest BCUT2D eigenvalue weighted by Crippen LogP contribution is -2.06. The van der Waals surface area contributed by atoms with Crippen LogP contribution in [0.3, 0.4) is 0 Å². The molecule has 0 aliphatic carbocycles. The Bertz CT molecular complexity index is 1240. The van der Waals surface area contributed by atoms with E-state index in [2.05, 4.69) is 20.2 Å². The third-order valence-corrected chi connectivity index (χ3v) is 5.21. The Morgan fingerprint density at radius 3 is 1.62 bits per heavy atom. The predicted octanol–water partition coefficient (Wildman–Crippen LogP) is 4.31. The third-order valence-electron chi connectivity index (χ3n) is 5.21. The minimum absolute atomic E-state index is 0.264. The normalized spacial score (nSPS) is 11.0. The van der Waals surface area contributed by atoms with Crippen LogP contribution in [0.2, 0.25) is 0 Å². The number of benzene rings is 1. The molecule has 4 heterocycles. The van der Waals surface area contributed by atoms with Crippen molar-refractivity contribution in [3.63, 3.8) is 0 Å². The molecule has 0 spiro atoms. The first kappa shape index (κ1) is 19.7. The summed E-state index contributed by atoms with van der Waals surface area (Å²) in [6, 6.07) is 19.3. The maximum Gasteiger partial charge on any atom is 0.125 e. The van der Waals surface area contributed by atoms with Gasteiger partial charge in [0.1, 0.15) is 17.1 Å². The third kappa shape index (κ3) is 4.13. The Labute approximate surface area is 185 Å². The topological polar surface area (TPSA) is 81.6 Å². The molecule has 0 amide bonds. The predicted molar refractivity (Wildman–Crippen MR) is 122 cm³/mol. The van der Waals surface area contributed by atoms with Crippen LogP contribution in [-0.2, 0) is 13.1 Å². The molecular weight excluding hydrogens is 400 g/mol. The van der Waals surface area contributed by atoms with E-state index in [1.54, 1.807) is 12.4 Å². The lowest BCUT2D eigenvalue weighted by molar-refractivity contribution is 0.452. The minimum Gasteiger partial charge on any atom is -0.507 e. The molecular formula is C25H22N6O. The fraction of sp³-hybridized carbons (Fsp3) is 0.120. The average Bonchev–Trinajstić information content (AvgIpc) is 3.48. The number of phenols is 1. The molecule has 0 aliphatic rings. The Morgan fingerprint density at radius 2 is 1.19 bits per heavy atom. The summed E-state index contributed by atoms with van der Waals surface area (Å²) in [6.07, 6.45) is 7.30. The number of nitrogens with zero attached hydrogens (tertiary/aromatic N) is 6. The first-order valence-corrected chi connectivity index (χ1v) is 10.4. The summed E-state index contributed by atoms with van der Waals surface area (Å²) >= 11 is 0. The Hall–Kier alpha value is -4.26. The zero-order valence-corrected chi connectivity index (χ0v) is 17.6. The van der Waals surface area contributed by atoms with Crippen LogP contribution in [0.1, 0.15) is 16.7 Å². The van der Waals surface area contributed by atoms with E-state index in [1.807, 2.05) is 89.3 Å². The van der Waals surface area contributed by atoms with Gasteiger partial charge in [-0.2, -0.15) is 10.2 Å². The number of hydrogen-bond donors (Lipinski definition) is 1. The van der Waals surface area contributed by atoms with Gasteiger partial charge in [0.15, 0.2) is 0 Å². The SMILES string of the molecule is Cc1cc(Cn2ccc(-c3ccccn3)n2)c(O)c(Cn2ccc(-c3ccccn3)n2)c1. The first-order chi connectivity index (χ1) is 15.7. The first-order valence-electron chi connectivity index (χ1n) is 10.4. The average molecular weight is 422 g/mol. The number of hydrogen-bond acceptors (Lipinski definition) is 5. The van der Waals surface area contributed by atoms with Gasteiger partial charge in [0, 0.05) is 35.9 Å². The molecule has 0 fully saturated rings. The molecule has 0 saturated heterocycles. The monoisotopic (exact) mass is 422 g/mol. The fourth-order valence-electron chi connectivity index (χ4n) is 3.73. The van der Waals surface area contributed by atoms with Gasteiger partial charge in [0.2, 0.25) is 0 Å². The molecule has 0 unspecified atom stereocenters. The van der Waals surface area contributed by atoms with Gasteiger partial charge in [-0.15, -0.1) is 0 Å². The highest BCUT2D eigenvalue weighted by molar-refractivity contribution is 5.53. The van der Waals surface area contributed by atoms with Gasteiger partial charge in [-0.25, -0.2) is 0 Å². The number of aromatic nitrogens is 6. The number of phenolic OH excluding ortho intramolecular Hbond substituents is 1. The molecule has 5 rings (SSSR count). The molecule has 5 aromatic rings. The minimum atomic E-state index is 0.264. The van der Waals surface area contributed by atoms with Gasteiger partial charge in [0.25, 0.3) is 0 Å². The van der Waals surface area contributed by atoms with Crippen LogP contribution in [-0.4, -0.2) is 34.6 Å². The van der Waals surface area contributed by atoms with Crippen LogP contribution >= 0.6 is 0 Å². The summed E-state index contributed by atoms with van der Waals surface area (Å²) in [5.41, 5.74) is 5.95.